The molecular formula is C17H16N4O3S. The van der Waals surface area contributed by atoms with Crippen molar-refractivity contribution in [3.05, 3.63) is 41.5 Å². The zero-order valence-corrected chi connectivity index (χ0v) is 14.2. The van der Waals surface area contributed by atoms with Crippen molar-refractivity contribution in [2.24, 2.45) is 5.73 Å². The second kappa shape index (κ2) is 6.86. The summed E-state index contributed by atoms with van der Waals surface area (Å²) in [4.78, 5) is 31.7. The molecule has 3 rings (SSSR count). The fourth-order valence-corrected chi connectivity index (χ4v) is 3.41. The number of benzene rings is 1. The molecule has 0 saturated carbocycles. The molecule has 0 radical (unpaired) electrons. The minimum atomic E-state index is -1.17. The Balaban J connectivity index is 2.06. The van der Waals surface area contributed by atoms with Crippen LogP contribution in [0.1, 0.15) is 12.0 Å². The Kier molecular flexibility index (Phi) is 4.62. The van der Waals surface area contributed by atoms with Crippen molar-refractivity contribution in [3.63, 3.8) is 0 Å². The number of carbonyl (C=O) groups excluding carboxylic acids is 1. The molecule has 128 valence electrons. The molecular weight excluding hydrogens is 340 g/mol. The molecule has 1 amide bonds. The lowest BCUT2D eigenvalue weighted by atomic mass is 10.0. The maximum Gasteiger partial charge on any atom is 0.326 e. The third kappa shape index (κ3) is 3.58. The summed E-state index contributed by atoms with van der Waals surface area (Å²) in [6.07, 6.45) is 1.04. The lowest BCUT2D eigenvalue weighted by Gasteiger charge is -2.14. The van der Waals surface area contributed by atoms with Gasteiger partial charge in [-0.05, 0) is 12.5 Å². The highest BCUT2D eigenvalue weighted by Gasteiger charge is 2.22. The average Bonchev–Trinajstić information content (AvgIpc) is 2.99. The molecule has 0 aliphatic rings. The molecule has 8 heteroatoms. The van der Waals surface area contributed by atoms with Crippen molar-refractivity contribution in [2.45, 2.75) is 19.4 Å². The van der Waals surface area contributed by atoms with Gasteiger partial charge in [0.2, 0.25) is 5.91 Å². The van der Waals surface area contributed by atoms with Crippen LogP contribution in [0.2, 0.25) is 0 Å². The highest BCUT2D eigenvalue weighted by Crippen LogP contribution is 2.36. The molecule has 2 heterocycles. The topological polar surface area (TPSA) is 118 Å². The quantitative estimate of drug-likeness (QED) is 0.624. The van der Waals surface area contributed by atoms with Crippen molar-refractivity contribution in [3.8, 4) is 11.1 Å². The van der Waals surface area contributed by atoms with Gasteiger partial charge in [-0.3, -0.25) is 4.79 Å². The van der Waals surface area contributed by atoms with Crippen LogP contribution >= 0.6 is 11.3 Å². The predicted molar refractivity (Wildman–Crippen MR) is 96.4 cm³/mol. The van der Waals surface area contributed by atoms with Crippen LogP contribution in [0.15, 0.2) is 36.0 Å². The molecule has 25 heavy (non-hydrogen) atoms. The second-order valence-corrected chi connectivity index (χ2v) is 6.48. The molecule has 0 aliphatic heterocycles. The van der Waals surface area contributed by atoms with E-state index in [2.05, 4.69) is 15.3 Å². The van der Waals surface area contributed by atoms with Gasteiger partial charge in [0.15, 0.2) is 0 Å². The van der Waals surface area contributed by atoms with Crippen LogP contribution < -0.4 is 11.1 Å². The van der Waals surface area contributed by atoms with E-state index in [0.717, 1.165) is 26.9 Å². The Morgan fingerprint density at radius 2 is 2.00 bits per heavy atom. The smallest absolute Gasteiger partial charge is 0.326 e. The Hall–Kier alpha value is -3.00. The largest absolute Gasteiger partial charge is 0.480 e. The molecule has 3 aromatic rings. The lowest BCUT2D eigenvalue weighted by molar-refractivity contribution is -0.139. The number of hydrogen-bond acceptors (Lipinski definition) is 6. The zero-order chi connectivity index (χ0) is 18.0. The van der Waals surface area contributed by atoms with E-state index in [0.29, 0.717) is 5.82 Å². The summed E-state index contributed by atoms with van der Waals surface area (Å²) < 4.78 is 0. The Morgan fingerprint density at radius 3 is 2.64 bits per heavy atom. The van der Waals surface area contributed by atoms with Gasteiger partial charge in [-0.2, -0.15) is 0 Å². The van der Waals surface area contributed by atoms with Crippen molar-refractivity contribution in [1.82, 2.24) is 9.97 Å². The van der Waals surface area contributed by atoms with Gasteiger partial charge in [0.05, 0.1) is 11.8 Å². The van der Waals surface area contributed by atoms with Crippen LogP contribution in [0.25, 0.3) is 21.3 Å². The number of rotatable bonds is 6. The number of aromatic nitrogens is 2. The maximum atomic E-state index is 11.4. The molecule has 0 fully saturated rings. The van der Waals surface area contributed by atoms with Crippen LogP contribution in [-0.2, 0) is 9.59 Å². The van der Waals surface area contributed by atoms with E-state index in [1.807, 2.05) is 36.6 Å². The van der Waals surface area contributed by atoms with E-state index in [1.165, 1.54) is 17.7 Å². The van der Waals surface area contributed by atoms with Gasteiger partial charge in [0.25, 0.3) is 0 Å². The number of anilines is 1. The predicted octanol–water partition coefficient (Wildman–Crippen LogP) is 2.41. The van der Waals surface area contributed by atoms with Gasteiger partial charge in [-0.15, -0.1) is 11.3 Å². The highest BCUT2D eigenvalue weighted by atomic mass is 32.1. The Morgan fingerprint density at radius 1 is 1.28 bits per heavy atom. The molecule has 2 aromatic heterocycles. The first-order chi connectivity index (χ1) is 12.0. The van der Waals surface area contributed by atoms with Crippen molar-refractivity contribution in [1.29, 1.82) is 0 Å². The van der Waals surface area contributed by atoms with Crippen LogP contribution in [0.4, 0.5) is 5.82 Å². The third-order valence-corrected chi connectivity index (χ3v) is 4.63. The van der Waals surface area contributed by atoms with E-state index >= 15 is 0 Å². The lowest BCUT2D eigenvalue weighted by Crippen LogP contribution is -2.34. The Bertz CT molecular complexity index is 937. The standard InChI is InChI=1S/C17H16N4O3S/c1-9-2-4-10(5-3-9)11-7-25-16-14(11)15(19-8-20-16)21-12(17(23)24)6-13(18)22/h2-5,7-8,12H,6H2,1H3,(H2,18,22)(H,23,24)(H,19,20,21). The molecule has 1 atom stereocenters. The molecule has 0 saturated heterocycles. The van der Waals surface area contributed by atoms with Gasteiger partial charge in [0, 0.05) is 10.9 Å². The first kappa shape index (κ1) is 16.8. The maximum absolute atomic E-state index is 11.4. The third-order valence-electron chi connectivity index (χ3n) is 3.75. The number of nitrogens with two attached hydrogens (primary N) is 1. The summed E-state index contributed by atoms with van der Waals surface area (Å²) in [5.74, 6) is -1.50. The molecule has 0 bridgehead atoms. The normalized spacial score (nSPS) is 12.0. The number of fused-ring (bicyclic) bond motifs is 1. The molecule has 4 N–H and O–H groups in total. The van der Waals surface area contributed by atoms with Gasteiger partial charge in [-0.1, -0.05) is 29.8 Å². The number of amides is 1. The van der Waals surface area contributed by atoms with Gasteiger partial charge >= 0.3 is 5.97 Å². The monoisotopic (exact) mass is 356 g/mol. The number of aliphatic carboxylic acids is 1. The first-order valence-corrected chi connectivity index (χ1v) is 8.40. The molecule has 7 nitrogen and oxygen atoms in total. The van der Waals surface area contributed by atoms with Crippen LogP contribution in [0, 0.1) is 6.92 Å². The van der Waals surface area contributed by atoms with E-state index in [1.54, 1.807) is 0 Å². The Labute approximate surface area is 147 Å². The van der Waals surface area contributed by atoms with Crippen LogP contribution in [-0.4, -0.2) is 33.0 Å². The van der Waals surface area contributed by atoms with E-state index < -0.39 is 17.9 Å². The fraction of sp³-hybridized carbons (Fsp3) is 0.176. The summed E-state index contributed by atoms with van der Waals surface area (Å²) in [6.45, 7) is 2.01. The number of nitrogens with one attached hydrogen (secondary N) is 1. The summed E-state index contributed by atoms with van der Waals surface area (Å²) >= 11 is 1.45. The van der Waals surface area contributed by atoms with E-state index in [9.17, 15) is 14.7 Å². The van der Waals surface area contributed by atoms with E-state index in [4.69, 9.17) is 5.73 Å². The number of hydrogen-bond donors (Lipinski definition) is 3. The number of nitrogens with zero attached hydrogens (tertiary/aromatic N) is 2. The second-order valence-electron chi connectivity index (χ2n) is 5.62. The number of carboxylic acid groups (broad SMARTS) is 1. The number of aryl methyl sites for hydroxylation is 1. The van der Waals surface area contributed by atoms with Crippen LogP contribution in [0.3, 0.4) is 0 Å². The summed E-state index contributed by atoms with van der Waals surface area (Å²) in [7, 11) is 0. The van der Waals surface area contributed by atoms with Crippen molar-refractivity contribution < 1.29 is 14.7 Å². The molecule has 1 unspecified atom stereocenters. The number of carboxylic acids is 1. The summed E-state index contributed by atoms with van der Waals surface area (Å²) in [5.41, 5.74) is 8.17. The van der Waals surface area contributed by atoms with Crippen LogP contribution in [0.5, 0.6) is 0 Å². The minimum absolute atomic E-state index is 0.329. The van der Waals surface area contributed by atoms with Gasteiger partial charge in [-0.25, -0.2) is 14.8 Å². The average molecular weight is 356 g/mol. The van der Waals surface area contributed by atoms with E-state index in [-0.39, 0.29) is 6.42 Å². The number of thiophene rings is 1. The zero-order valence-electron chi connectivity index (χ0n) is 13.4. The SMILES string of the molecule is Cc1ccc(-c2csc3ncnc(NC(CC(N)=O)C(=O)O)c23)cc1. The number of carbonyl (C=O) groups is 2. The fourth-order valence-electron chi connectivity index (χ4n) is 2.50. The van der Waals surface area contributed by atoms with Gasteiger partial charge < -0.3 is 16.2 Å². The van der Waals surface area contributed by atoms with Gasteiger partial charge in [0.1, 0.15) is 23.0 Å². The minimum Gasteiger partial charge on any atom is -0.480 e. The van der Waals surface area contributed by atoms with Crippen molar-refractivity contribution >= 4 is 39.2 Å². The number of primary amides is 1. The van der Waals surface area contributed by atoms with Crippen molar-refractivity contribution in [2.75, 3.05) is 5.32 Å². The summed E-state index contributed by atoms with van der Waals surface area (Å²) in [6, 6.07) is 6.84. The molecule has 1 aromatic carbocycles. The highest BCUT2D eigenvalue weighted by molar-refractivity contribution is 7.17. The summed E-state index contributed by atoms with van der Waals surface area (Å²) in [5, 5.41) is 14.8. The molecule has 0 spiro atoms. The molecule has 0 aliphatic carbocycles. The first-order valence-electron chi connectivity index (χ1n) is 7.52.